The summed E-state index contributed by atoms with van der Waals surface area (Å²) >= 11 is 0. The van der Waals surface area contributed by atoms with Gasteiger partial charge in [0, 0.05) is 12.6 Å². The zero-order chi connectivity index (χ0) is 12.8. The summed E-state index contributed by atoms with van der Waals surface area (Å²) in [7, 11) is 0. The van der Waals surface area contributed by atoms with E-state index < -0.39 is 12.0 Å². The van der Waals surface area contributed by atoms with Gasteiger partial charge in [-0.15, -0.1) is 0 Å². The molecule has 0 aromatic carbocycles. The lowest BCUT2D eigenvalue weighted by Crippen LogP contribution is -2.48. The maximum absolute atomic E-state index is 11.9. The normalized spacial score (nSPS) is 21.3. The largest absolute Gasteiger partial charge is 0.480 e. The number of hydrogen-bond acceptors (Lipinski definition) is 2. The molecule has 1 aliphatic heterocycles. The first-order valence-corrected chi connectivity index (χ1v) is 6.36. The van der Waals surface area contributed by atoms with E-state index in [1.807, 2.05) is 6.92 Å². The Morgan fingerprint density at radius 3 is 2.82 bits per heavy atom. The van der Waals surface area contributed by atoms with Crippen molar-refractivity contribution >= 4 is 12.0 Å². The first-order valence-electron chi connectivity index (χ1n) is 6.36. The summed E-state index contributed by atoms with van der Waals surface area (Å²) in [6.07, 6.45) is 4.44. The standard InChI is InChI=1S/C12H22N2O3/c1-3-4-6-9(2)13-12(17)14-8-5-7-10(14)11(15)16/h9-10H,3-8H2,1-2H3,(H,13,17)(H,15,16). The molecule has 0 spiro atoms. The van der Waals surface area contributed by atoms with Crippen LogP contribution in [0, 0.1) is 0 Å². The summed E-state index contributed by atoms with van der Waals surface area (Å²) in [4.78, 5) is 24.3. The highest BCUT2D eigenvalue weighted by molar-refractivity contribution is 5.83. The van der Waals surface area contributed by atoms with Crippen molar-refractivity contribution in [3.8, 4) is 0 Å². The average Bonchev–Trinajstić information content (AvgIpc) is 2.75. The summed E-state index contributed by atoms with van der Waals surface area (Å²) in [6.45, 7) is 4.61. The van der Waals surface area contributed by atoms with Gasteiger partial charge in [0.1, 0.15) is 6.04 Å². The molecule has 2 atom stereocenters. The third kappa shape index (κ3) is 3.91. The Bertz CT molecular complexity index is 281. The first kappa shape index (κ1) is 13.8. The number of urea groups is 1. The Labute approximate surface area is 102 Å². The Morgan fingerprint density at radius 1 is 1.53 bits per heavy atom. The Kier molecular flexibility index (Phi) is 5.25. The van der Waals surface area contributed by atoms with Gasteiger partial charge in [-0.1, -0.05) is 19.8 Å². The number of carbonyl (C=O) groups excluding carboxylic acids is 1. The second-order valence-corrected chi connectivity index (χ2v) is 4.68. The SMILES string of the molecule is CCCCC(C)NC(=O)N1CCCC1C(=O)O. The number of nitrogens with zero attached hydrogens (tertiary/aromatic N) is 1. The van der Waals surface area contributed by atoms with Gasteiger partial charge in [-0.25, -0.2) is 9.59 Å². The second kappa shape index (κ2) is 6.47. The second-order valence-electron chi connectivity index (χ2n) is 4.68. The first-order chi connectivity index (χ1) is 8.06. The zero-order valence-corrected chi connectivity index (χ0v) is 10.6. The van der Waals surface area contributed by atoms with Crippen molar-refractivity contribution in [2.75, 3.05) is 6.54 Å². The van der Waals surface area contributed by atoms with Crippen LogP contribution in [0.2, 0.25) is 0 Å². The molecule has 0 saturated carbocycles. The Hall–Kier alpha value is -1.26. The van der Waals surface area contributed by atoms with E-state index in [0.717, 1.165) is 25.7 Å². The van der Waals surface area contributed by atoms with Gasteiger partial charge in [0.05, 0.1) is 0 Å². The van der Waals surface area contributed by atoms with E-state index in [-0.39, 0.29) is 12.1 Å². The topological polar surface area (TPSA) is 69.6 Å². The third-order valence-electron chi connectivity index (χ3n) is 3.16. The van der Waals surface area contributed by atoms with Crippen LogP contribution >= 0.6 is 0 Å². The van der Waals surface area contributed by atoms with Crippen LogP contribution in [0.4, 0.5) is 4.79 Å². The lowest BCUT2D eigenvalue weighted by atomic mass is 10.1. The number of carboxylic acid groups (broad SMARTS) is 1. The molecule has 0 aromatic heterocycles. The van der Waals surface area contributed by atoms with Crippen LogP contribution in [0.1, 0.15) is 46.0 Å². The highest BCUT2D eigenvalue weighted by atomic mass is 16.4. The molecule has 1 rings (SSSR count). The van der Waals surface area contributed by atoms with Crippen LogP contribution < -0.4 is 5.32 Å². The lowest BCUT2D eigenvalue weighted by Gasteiger charge is -2.24. The van der Waals surface area contributed by atoms with E-state index in [9.17, 15) is 9.59 Å². The van der Waals surface area contributed by atoms with Crippen LogP contribution in [-0.2, 0) is 4.79 Å². The number of hydrogen-bond donors (Lipinski definition) is 2. The Morgan fingerprint density at radius 2 is 2.24 bits per heavy atom. The minimum Gasteiger partial charge on any atom is -0.480 e. The summed E-state index contributed by atoms with van der Waals surface area (Å²) in [5.74, 6) is -0.904. The predicted octanol–water partition coefficient (Wildman–Crippen LogP) is 1.82. The molecule has 2 amide bonds. The van der Waals surface area contributed by atoms with Crippen molar-refractivity contribution in [1.29, 1.82) is 0 Å². The van der Waals surface area contributed by atoms with Gasteiger partial charge in [-0.3, -0.25) is 0 Å². The van der Waals surface area contributed by atoms with Crippen LogP contribution in [0.3, 0.4) is 0 Å². The van der Waals surface area contributed by atoms with Crippen LogP contribution in [0.15, 0.2) is 0 Å². The number of amides is 2. The smallest absolute Gasteiger partial charge is 0.326 e. The summed E-state index contributed by atoms with van der Waals surface area (Å²) in [6, 6.07) is -0.774. The molecular weight excluding hydrogens is 220 g/mol. The van der Waals surface area contributed by atoms with Crippen molar-refractivity contribution in [1.82, 2.24) is 10.2 Å². The molecular formula is C12H22N2O3. The van der Waals surface area contributed by atoms with Gasteiger partial charge in [0.2, 0.25) is 0 Å². The number of rotatable bonds is 5. The van der Waals surface area contributed by atoms with E-state index in [4.69, 9.17) is 5.11 Å². The maximum Gasteiger partial charge on any atom is 0.326 e. The number of nitrogens with one attached hydrogen (secondary N) is 1. The molecule has 0 aliphatic carbocycles. The fraction of sp³-hybridized carbons (Fsp3) is 0.833. The van der Waals surface area contributed by atoms with Crippen LogP contribution in [-0.4, -0.2) is 40.6 Å². The quantitative estimate of drug-likeness (QED) is 0.772. The van der Waals surface area contributed by atoms with Gasteiger partial charge >= 0.3 is 12.0 Å². The molecule has 98 valence electrons. The van der Waals surface area contributed by atoms with Crippen molar-refractivity contribution in [3.63, 3.8) is 0 Å². The summed E-state index contributed by atoms with van der Waals surface area (Å²) < 4.78 is 0. The fourth-order valence-electron chi connectivity index (χ4n) is 2.14. The molecule has 0 radical (unpaired) electrons. The van der Waals surface area contributed by atoms with Gasteiger partial charge in [0.25, 0.3) is 0 Å². The van der Waals surface area contributed by atoms with Gasteiger partial charge in [0.15, 0.2) is 0 Å². The average molecular weight is 242 g/mol. The molecule has 1 aliphatic rings. The highest BCUT2D eigenvalue weighted by Crippen LogP contribution is 2.17. The number of carboxylic acids is 1. The van der Waals surface area contributed by atoms with Gasteiger partial charge in [-0.2, -0.15) is 0 Å². The van der Waals surface area contributed by atoms with E-state index >= 15 is 0 Å². The van der Waals surface area contributed by atoms with E-state index in [1.54, 1.807) is 0 Å². The third-order valence-corrected chi connectivity index (χ3v) is 3.16. The molecule has 1 heterocycles. The molecule has 1 saturated heterocycles. The number of aliphatic carboxylic acids is 1. The minimum atomic E-state index is -0.904. The number of likely N-dealkylation sites (tertiary alicyclic amines) is 1. The Balaban J connectivity index is 2.43. The molecule has 5 nitrogen and oxygen atoms in total. The van der Waals surface area contributed by atoms with E-state index in [1.165, 1.54) is 4.90 Å². The predicted molar refractivity (Wildman–Crippen MR) is 64.9 cm³/mol. The van der Waals surface area contributed by atoms with E-state index in [0.29, 0.717) is 13.0 Å². The number of carbonyl (C=O) groups is 2. The summed E-state index contributed by atoms with van der Waals surface area (Å²) in [5.41, 5.74) is 0. The monoisotopic (exact) mass is 242 g/mol. The highest BCUT2D eigenvalue weighted by Gasteiger charge is 2.34. The maximum atomic E-state index is 11.9. The summed E-state index contributed by atoms with van der Waals surface area (Å²) in [5, 5.41) is 11.9. The zero-order valence-electron chi connectivity index (χ0n) is 10.6. The molecule has 0 aromatic rings. The lowest BCUT2D eigenvalue weighted by molar-refractivity contribution is -0.141. The van der Waals surface area contributed by atoms with Crippen molar-refractivity contribution < 1.29 is 14.7 Å². The van der Waals surface area contributed by atoms with Crippen LogP contribution in [0.25, 0.3) is 0 Å². The molecule has 2 N–H and O–H groups in total. The van der Waals surface area contributed by atoms with Gasteiger partial charge in [-0.05, 0) is 26.2 Å². The molecule has 2 unspecified atom stereocenters. The van der Waals surface area contributed by atoms with Crippen molar-refractivity contribution in [3.05, 3.63) is 0 Å². The minimum absolute atomic E-state index is 0.109. The fourth-order valence-corrected chi connectivity index (χ4v) is 2.14. The molecule has 17 heavy (non-hydrogen) atoms. The van der Waals surface area contributed by atoms with Gasteiger partial charge < -0.3 is 15.3 Å². The molecule has 1 fully saturated rings. The van der Waals surface area contributed by atoms with Crippen molar-refractivity contribution in [2.24, 2.45) is 0 Å². The molecule has 0 bridgehead atoms. The van der Waals surface area contributed by atoms with E-state index in [2.05, 4.69) is 12.2 Å². The van der Waals surface area contributed by atoms with Crippen molar-refractivity contribution in [2.45, 2.75) is 58.0 Å². The molecule has 5 heteroatoms. The number of unbranched alkanes of at least 4 members (excludes halogenated alkanes) is 1. The van der Waals surface area contributed by atoms with Crippen LogP contribution in [0.5, 0.6) is 0 Å².